The molecule has 3 rings (SSSR count). The molecule has 0 aliphatic rings. The number of likely N-dealkylation sites (N-methyl/N-ethyl adjacent to an activating group) is 1. The fourth-order valence-electron chi connectivity index (χ4n) is 3.11. The van der Waals surface area contributed by atoms with Gasteiger partial charge in [-0.15, -0.1) is 0 Å². The average molecular weight is 410 g/mol. The molecule has 3 aromatic rings. The predicted octanol–water partition coefficient (Wildman–Crippen LogP) is 2.01. The molecule has 1 aromatic heterocycles. The molecule has 0 saturated heterocycles. The molecule has 30 heavy (non-hydrogen) atoms. The van der Waals surface area contributed by atoms with Gasteiger partial charge >= 0.3 is 0 Å². The summed E-state index contributed by atoms with van der Waals surface area (Å²) in [7, 11) is 0. The molecule has 8 heteroatoms. The van der Waals surface area contributed by atoms with Gasteiger partial charge in [0.05, 0.1) is 17.4 Å². The number of rotatable bonds is 7. The normalized spacial score (nSPS) is 10.8. The molecule has 0 unspecified atom stereocenters. The van der Waals surface area contributed by atoms with Gasteiger partial charge in [-0.2, -0.15) is 0 Å². The number of fused-ring (bicyclic) bond motifs is 1. The molecule has 0 bridgehead atoms. The van der Waals surface area contributed by atoms with Crippen molar-refractivity contribution in [3.05, 3.63) is 76.1 Å². The number of nitrogens with zero attached hydrogens (tertiary/aromatic N) is 3. The number of nitrogens with one attached hydrogen (secondary N) is 1. The van der Waals surface area contributed by atoms with Gasteiger partial charge in [-0.3, -0.25) is 19.0 Å². The van der Waals surface area contributed by atoms with E-state index in [9.17, 15) is 18.8 Å². The van der Waals surface area contributed by atoms with E-state index in [4.69, 9.17) is 0 Å². The summed E-state index contributed by atoms with van der Waals surface area (Å²) in [5, 5.41) is 3.15. The first-order chi connectivity index (χ1) is 14.4. The maximum absolute atomic E-state index is 13.0. The number of carbonyl (C=O) groups is 2. The van der Waals surface area contributed by atoms with Gasteiger partial charge in [0.15, 0.2) is 0 Å². The molecule has 2 amide bonds. The van der Waals surface area contributed by atoms with Crippen LogP contribution in [0.15, 0.2) is 53.3 Å². The summed E-state index contributed by atoms with van der Waals surface area (Å²) >= 11 is 0. The van der Waals surface area contributed by atoms with Crippen LogP contribution in [0.3, 0.4) is 0 Å². The molecule has 0 radical (unpaired) electrons. The number of halogens is 1. The van der Waals surface area contributed by atoms with Gasteiger partial charge in [-0.05, 0) is 43.7 Å². The van der Waals surface area contributed by atoms with E-state index in [0.717, 1.165) is 5.56 Å². The Morgan fingerprint density at radius 3 is 2.53 bits per heavy atom. The zero-order chi connectivity index (χ0) is 21.7. The van der Waals surface area contributed by atoms with E-state index in [1.807, 2.05) is 0 Å². The minimum absolute atomic E-state index is 0.134. The lowest BCUT2D eigenvalue weighted by atomic mass is 10.2. The van der Waals surface area contributed by atoms with E-state index < -0.39 is 0 Å². The molecule has 0 saturated carbocycles. The van der Waals surface area contributed by atoms with Crippen LogP contribution in [0.4, 0.5) is 4.39 Å². The van der Waals surface area contributed by atoms with E-state index in [0.29, 0.717) is 23.3 Å². The minimum atomic E-state index is -0.350. The fourth-order valence-corrected chi connectivity index (χ4v) is 3.11. The van der Waals surface area contributed by atoms with E-state index in [1.165, 1.54) is 21.6 Å². The SMILES string of the molecule is CCN(CC(=O)NCc1ccc(F)cc1)C(=O)Cn1c(C)nc2ccccc2c1=O. The summed E-state index contributed by atoms with van der Waals surface area (Å²) in [6.07, 6.45) is 0. The van der Waals surface area contributed by atoms with Crippen molar-refractivity contribution in [1.82, 2.24) is 19.8 Å². The smallest absolute Gasteiger partial charge is 0.261 e. The van der Waals surface area contributed by atoms with Gasteiger partial charge in [0.1, 0.15) is 18.2 Å². The number of para-hydroxylation sites is 1. The number of aryl methyl sites for hydroxylation is 1. The third-order valence-corrected chi connectivity index (χ3v) is 4.82. The first kappa shape index (κ1) is 21.2. The maximum Gasteiger partial charge on any atom is 0.261 e. The van der Waals surface area contributed by atoms with Crippen LogP contribution in [0.5, 0.6) is 0 Å². The van der Waals surface area contributed by atoms with Crippen LogP contribution >= 0.6 is 0 Å². The highest BCUT2D eigenvalue weighted by Gasteiger charge is 2.18. The number of carbonyl (C=O) groups excluding carboxylic acids is 2. The number of benzene rings is 2. The van der Waals surface area contributed by atoms with Gasteiger partial charge in [0, 0.05) is 13.1 Å². The molecule has 1 heterocycles. The first-order valence-corrected chi connectivity index (χ1v) is 9.64. The molecule has 156 valence electrons. The Hall–Kier alpha value is -3.55. The zero-order valence-electron chi connectivity index (χ0n) is 16.9. The molecular weight excluding hydrogens is 387 g/mol. The Balaban J connectivity index is 1.66. The van der Waals surface area contributed by atoms with Crippen LogP contribution in [0.2, 0.25) is 0 Å². The molecule has 0 aliphatic carbocycles. The number of aromatic nitrogens is 2. The Morgan fingerprint density at radius 1 is 1.13 bits per heavy atom. The summed E-state index contributed by atoms with van der Waals surface area (Å²) in [5.74, 6) is -0.600. The van der Waals surface area contributed by atoms with Crippen molar-refractivity contribution in [3.63, 3.8) is 0 Å². The average Bonchev–Trinajstić information content (AvgIpc) is 2.74. The predicted molar refractivity (Wildman–Crippen MR) is 111 cm³/mol. The second-order valence-electron chi connectivity index (χ2n) is 6.88. The monoisotopic (exact) mass is 410 g/mol. The van der Waals surface area contributed by atoms with Gasteiger partial charge in [0.2, 0.25) is 11.8 Å². The van der Waals surface area contributed by atoms with Crippen LogP contribution in [-0.4, -0.2) is 39.4 Å². The molecule has 0 fully saturated rings. The lowest BCUT2D eigenvalue weighted by Crippen LogP contribution is -2.43. The lowest BCUT2D eigenvalue weighted by Gasteiger charge is -2.21. The lowest BCUT2D eigenvalue weighted by molar-refractivity contribution is -0.136. The van der Waals surface area contributed by atoms with Crippen molar-refractivity contribution in [2.24, 2.45) is 0 Å². The Morgan fingerprint density at radius 2 is 1.83 bits per heavy atom. The van der Waals surface area contributed by atoms with Gasteiger partial charge in [-0.25, -0.2) is 9.37 Å². The van der Waals surface area contributed by atoms with Crippen molar-refractivity contribution in [1.29, 1.82) is 0 Å². The summed E-state index contributed by atoms with van der Waals surface area (Å²) in [5.41, 5.74) is 1.04. The van der Waals surface area contributed by atoms with E-state index >= 15 is 0 Å². The second-order valence-corrected chi connectivity index (χ2v) is 6.88. The van der Waals surface area contributed by atoms with E-state index in [2.05, 4.69) is 10.3 Å². The Bertz CT molecular complexity index is 1130. The van der Waals surface area contributed by atoms with Crippen molar-refractivity contribution in [2.45, 2.75) is 26.9 Å². The van der Waals surface area contributed by atoms with Crippen molar-refractivity contribution >= 4 is 22.7 Å². The molecule has 0 aliphatic heterocycles. The highest BCUT2D eigenvalue weighted by atomic mass is 19.1. The molecular formula is C22H23FN4O3. The maximum atomic E-state index is 13.0. The minimum Gasteiger partial charge on any atom is -0.350 e. The fraction of sp³-hybridized carbons (Fsp3) is 0.273. The van der Waals surface area contributed by atoms with Crippen LogP contribution in [0, 0.1) is 12.7 Å². The summed E-state index contributed by atoms with van der Waals surface area (Å²) in [6, 6.07) is 12.8. The quantitative estimate of drug-likeness (QED) is 0.646. The van der Waals surface area contributed by atoms with Crippen molar-refractivity contribution in [3.8, 4) is 0 Å². The number of hydrogen-bond acceptors (Lipinski definition) is 4. The largest absolute Gasteiger partial charge is 0.350 e. The van der Waals surface area contributed by atoms with Crippen LogP contribution in [0.1, 0.15) is 18.3 Å². The topological polar surface area (TPSA) is 84.3 Å². The molecule has 2 aromatic carbocycles. The first-order valence-electron chi connectivity index (χ1n) is 9.64. The van der Waals surface area contributed by atoms with Crippen LogP contribution in [-0.2, 0) is 22.7 Å². The Labute approximate surface area is 173 Å². The highest BCUT2D eigenvalue weighted by Crippen LogP contribution is 2.08. The summed E-state index contributed by atoms with van der Waals surface area (Å²) < 4.78 is 14.3. The van der Waals surface area contributed by atoms with Crippen molar-refractivity contribution in [2.75, 3.05) is 13.1 Å². The van der Waals surface area contributed by atoms with E-state index in [1.54, 1.807) is 50.2 Å². The van der Waals surface area contributed by atoms with Gasteiger partial charge < -0.3 is 10.2 Å². The van der Waals surface area contributed by atoms with Crippen LogP contribution in [0.25, 0.3) is 10.9 Å². The molecule has 7 nitrogen and oxygen atoms in total. The number of amides is 2. The highest BCUT2D eigenvalue weighted by molar-refractivity contribution is 5.85. The molecule has 1 N–H and O–H groups in total. The third kappa shape index (κ3) is 4.89. The van der Waals surface area contributed by atoms with Gasteiger partial charge in [0.25, 0.3) is 5.56 Å². The summed E-state index contributed by atoms with van der Waals surface area (Å²) in [6.45, 7) is 3.66. The zero-order valence-corrected chi connectivity index (χ0v) is 16.9. The molecule has 0 atom stereocenters. The van der Waals surface area contributed by atoms with Crippen molar-refractivity contribution < 1.29 is 14.0 Å². The summed E-state index contributed by atoms with van der Waals surface area (Å²) in [4.78, 5) is 43.5. The van der Waals surface area contributed by atoms with E-state index in [-0.39, 0.29) is 42.8 Å². The van der Waals surface area contributed by atoms with Crippen LogP contribution < -0.4 is 10.9 Å². The number of hydrogen-bond donors (Lipinski definition) is 1. The third-order valence-electron chi connectivity index (χ3n) is 4.82. The Kier molecular flexibility index (Phi) is 6.56. The second kappa shape index (κ2) is 9.30. The van der Waals surface area contributed by atoms with Gasteiger partial charge in [-0.1, -0.05) is 24.3 Å². The molecule has 0 spiro atoms. The standard InChI is InChI=1S/C22H23FN4O3/c1-3-26(13-20(28)24-12-16-8-10-17(23)11-9-16)21(29)14-27-15(2)25-19-7-5-4-6-18(19)22(27)30/h4-11H,3,12-14H2,1-2H3,(H,24,28).